The van der Waals surface area contributed by atoms with E-state index in [-0.39, 0.29) is 0 Å². The first kappa shape index (κ1) is 39.3. The second-order valence-corrected chi connectivity index (χ2v) is 10.6. The van der Waals surface area contributed by atoms with Gasteiger partial charge >= 0.3 is 10.4 Å². The van der Waals surface area contributed by atoms with Crippen LogP contribution in [-0.2, 0) is 10.4 Å². The summed E-state index contributed by atoms with van der Waals surface area (Å²) >= 11 is 0. The summed E-state index contributed by atoms with van der Waals surface area (Å²) in [7, 11) is -4.67. The second kappa shape index (κ2) is 35.9. The molecule has 0 radical (unpaired) electrons. The Labute approximate surface area is 219 Å². The van der Waals surface area contributed by atoms with Crippen LogP contribution in [0.2, 0.25) is 0 Å². The van der Waals surface area contributed by atoms with Gasteiger partial charge in [0.15, 0.2) is 0 Å². The van der Waals surface area contributed by atoms with Crippen molar-refractivity contribution in [2.24, 2.45) is 0 Å². The van der Waals surface area contributed by atoms with E-state index in [2.05, 4.69) is 13.8 Å². The first-order chi connectivity index (χ1) is 16.8. The van der Waals surface area contributed by atoms with Crippen LogP contribution in [-0.4, -0.2) is 41.0 Å². The quantitative estimate of drug-likeness (QED) is 0.0738. The molecule has 0 atom stereocenters. The smallest absolute Gasteiger partial charge is 0.394 e. The highest BCUT2D eigenvalue weighted by Gasteiger charge is 1.93. The van der Waals surface area contributed by atoms with E-state index in [1.165, 1.54) is 141 Å². The van der Waals surface area contributed by atoms with E-state index < -0.39 is 10.4 Å². The highest BCUT2D eigenvalue weighted by molar-refractivity contribution is 7.79. The Morgan fingerprint density at radius 3 is 0.657 bits per heavy atom. The normalized spacial score (nSPS) is 10.9. The molecule has 6 nitrogen and oxygen atoms in total. The lowest BCUT2D eigenvalue weighted by Crippen LogP contribution is -1.89. The van der Waals surface area contributed by atoms with Gasteiger partial charge in [-0.1, -0.05) is 155 Å². The lowest BCUT2D eigenvalue weighted by molar-refractivity contribution is 0.282. The zero-order valence-electron chi connectivity index (χ0n) is 23.4. The van der Waals surface area contributed by atoms with Gasteiger partial charge in [-0.3, -0.25) is 9.11 Å². The Morgan fingerprint density at radius 2 is 0.514 bits per heavy atom. The molecule has 0 aliphatic carbocycles. The van der Waals surface area contributed by atoms with Gasteiger partial charge in [0.25, 0.3) is 0 Å². The van der Waals surface area contributed by atoms with Crippen LogP contribution in [0.15, 0.2) is 0 Å². The maximum absolute atomic E-state index is 8.74. The summed E-state index contributed by atoms with van der Waals surface area (Å²) in [4.78, 5) is 0. The highest BCUT2D eigenvalue weighted by atomic mass is 32.3. The Kier molecular flexibility index (Phi) is 40.4. The Balaban J connectivity index is -0.000000491. The lowest BCUT2D eigenvalue weighted by atomic mass is 10.1. The van der Waals surface area contributed by atoms with Crippen molar-refractivity contribution in [2.75, 3.05) is 13.2 Å². The van der Waals surface area contributed by atoms with Crippen molar-refractivity contribution in [1.29, 1.82) is 0 Å². The number of unbranched alkanes of at least 4 members (excludes halogenated alkanes) is 22. The van der Waals surface area contributed by atoms with Crippen LogP contribution >= 0.6 is 0 Å². The summed E-state index contributed by atoms with van der Waals surface area (Å²) in [6, 6.07) is 0. The molecule has 0 saturated heterocycles. The predicted octanol–water partition coefficient (Wildman–Crippen LogP) is 8.71. The minimum atomic E-state index is -4.67. The summed E-state index contributed by atoms with van der Waals surface area (Å²) < 4.78 is 31.6. The summed E-state index contributed by atoms with van der Waals surface area (Å²) in [5.41, 5.74) is 0. The molecule has 0 aliphatic rings. The zero-order valence-corrected chi connectivity index (χ0v) is 24.2. The number of aliphatic hydroxyl groups is 2. The van der Waals surface area contributed by atoms with Gasteiger partial charge in [-0.25, -0.2) is 0 Å². The third kappa shape index (κ3) is 60.3. The molecule has 0 rings (SSSR count). The van der Waals surface area contributed by atoms with Crippen LogP contribution in [0.3, 0.4) is 0 Å². The maximum Gasteiger partial charge on any atom is 0.394 e. The van der Waals surface area contributed by atoms with Crippen molar-refractivity contribution in [3.05, 3.63) is 0 Å². The van der Waals surface area contributed by atoms with Crippen molar-refractivity contribution < 1.29 is 27.7 Å². The molecule has 0 unspecified atom stereocenters. The van der Waals surface area contributed by atoms with Crippen LogP contribution in [0.4, 0.5) is 0 Å². The van der Waals surface area contributed by atoms with Gasteiger partial charge in [0.05, 0.1) is 0 Å². The van der Waals surface area contributed by atoms with Crippen molar-refractivity contribution >= 4 is 10.4 Å². The van der Waals surface area contributed by atoms with Gasteiger partial charge in [0, 0.05) is 13.2 Å². The lowest BCUT2D eigenvalue weighted by Gasteiger charge is -2.01. The van der Waals surface area contributed by atoms with E-state index in [1.54, 1.807) is 0 Å². The van der Waals surface area contributed by atoms with E-state index in [0.29, 0.717) is 13.2 Å². The SMILES string of the molecule is CCCCCCCCCCCCCCO.CCCCCCCCCCCCCCO.O=S(=O)(O)O. The summed E-state index contributed by atoms with van der Waals surface area (Å²) in [6.07, 6.45) is 32.5. The monoisotopic (exact) mass is 526 g/mol. The Bertz CT molecular complexity index is 385. The fourth-order valence-electron chi connectivity index (χ4n) is 3.91. The average molecular weight is 527 g/mol. The largest absolute Gasteiger partial charge is 0.396 e. The third-order valence-electron chi connectivity index (χ3n) is 6.02. The Hall–Kier alpha value is -0.210. The van der Waals surface area contributed by atoms with E-state index in [1.807, 2.05) is 0 Å². The molecule has 0 spiro atoms. The fourth-order valence-corrected chi connectivity index (χ4v) is 3.91. The topological polar surface area (TPSA) is 115 Å². The van der Waals surface area contributed by atoms with Crippen molar-refractivity contribution in [3.63, 3.8) is 0 Å². The highest BCUT2D eigenvalue weighted by Crippen LogP contribution is 2.12. The maximum atomic E-state index is 8.74. The molecule has 216 valence electrons. The van der Waals surface area contributed by atoms with Gasteiger partial charge in [-0.15, -0.1) is 0 Å². The van der Waals surface area contributed by atoms with E-state index in [4.69, 9.17) is 27.7 Å². The summed E-state index contributed by atoms with van der Waals surface area (Å²) in [5.74, 6) is 0. The van der Waals surface area contributed by atoms with Gasteiger partial charge < -0.3 is 10.2 Å². The molecule has 0 amide bonds. The molecule has 4 N–H and O–H groups in total. The van der Waals surface area contributed by atoms with Gasteiger partial charge in [0.1, 0.15) is 0 Å². The first-order valence-electron chi connectivity index (χ1n) is 14.7. The molecule has 0 bridgehead atoms. The second-order valence-electron chi connectivity index (χ2n) is 9.67. The molecule has 0 aromatic carbocycles. The first-order valence-corrected chi connectivity index (χ1v) is 16.1. The molecule has 7 heteroatoms. The Morgan fingerprint density at radius 1 is 0.371 bits per heavy atom. The van der Waals surface area contributed by atoms with Crippen LogP contribution in [0, 0.1) is 0 Å². The van der Waals surface area contributed by atoms with E-state index in [0.717, 1.165) is 12.8 Å². The average Bonchev–Trinajstić information content (AvgIpc) is 2.80. The number of rotatable bonds is 24. The fraction of sp³-hybridized carbons (Fsp3) is 1.00. The van der Waals surface area contributed by atoms with E-state index in [9.17, 15) is 0 Å². The molecule has 0 aromatic heterocycles. The van der Waals surface area contributed by atoms with Crippen LogP contribution < -0.4 is 0 Å². The predicted molar refractivity (Wildman–Crippen MR) is 151 cm³/mol. The standard InChI is InChI=1S/2C14H30O.H2O4S/c2*1-2-3-4-5-6-7-8-9-10-11-12-13-14-15;1-5(2,3)4/h2*15H,2-14H2,1H3;(H2,1,2,3,4). The molecule has 0 saturated carbocycles. The summed E-state index contributed by atoms with van der Waals surface area (Å²) in [6.45, 7) is 5.29. The van der Waals surface area contributed by atoms with Crippen molar-refractivity contribution in [2.45, 2.75) is 168 Å². The van der Waals surface area contributed by atoms with Gasteiger partial charge in [-0.05, 0) is 12.8 Å². The minimum absolute atomic E-state index is 0.372. The molecule has 35 heavy (non-hydrogen) atoms. The van der Waals surface area contributed by atoms with Gasteiger partial charge in [-0.2, -0.15) is 8.42 Å². The molecular formula is C28H62O6S. The van der Waals surface area contributed by atoms with Crippen molar-refractivity contribution in [1.82, 2.24) is 0 Å². The van der Waals surface area contributed by atoms with Gasteiger partial charge in [0.2, 0.25) is 0 Å². The zero-order chi connectivity index (χ0) is 26.9. The number of aliphatic hydroxyl groups excluding tert-OH is 2. The molecule has 0 aromatic rings. The molecular weight excluding hydrogens is 464 g/mol. The number of hydrogen-bond acceptors (Lipinski definition) is 4. The van der Waals surface area contributed by atoms with Crippen LogP contribution in [0.5, 0.6) is 0 Å². The number of hydrogen-bond donors (Lipinski definition) is 4. The third-order valence-corrected chi connectivity index (χ3v) is 6.02. The molecule has 0 aliphatic heterocycles. The van der Waals surface area contributed by atoms with E-state index >= 15 is 0 Å². The van der Waals surface area contributed by atoms with Crippen molar-refractivity contribution in [3.8, 4) is 0 Å². The summed E-state index contributed by atoms with van der Waals surface area (Å²) in [5, 5.41) is 17.2. The van der Waals surface area contributed by atoms with Crippen LogP contribution in [0.1, 0.15) is 168 Å². The van der Waals surface area contributed by atoms with Crippen LogP contribution in [0.25, 0.3) is 0 Å². The molecule has 0 fully saturated rings. The molecule has 0 heterocycles. The minimum Gasteiger partial charge on any atom is -0.396 e.